The fraction of sp³-hybridized carbons (Fsp3) is 0. The Morgan fingerprint density at radius 3 is 0.250 bits per heavy atom. The quantitative estimate of drug-likeness (QED) is 0.0853. The van der Waals surface area contributed by atoms with Gasteiger partial charge in [-0.25, -0.2) is 0 Å². The molecule has 12 N–H and O–H groups in total. The van der Waals surface area contributed by atoms with Crippen LogP contribution in [0.5, 0.6) is 0 Å². The van der Waals surface area contributed by atoms with Crippen molar-refractivity contribution in [3.05, 3.63) is 0 Å². The third-order valence-corrected chi connectivity index (χ3v) is 0. The molecule has 0 radical (unpaired) electrons. The van der Waals surface area contributed by atoms with E-state index in [4.69, 9.17) is 105 Å². The van der Waals surface area contributed by atoms with Gasteiger partial charge in [0.25, 0.3) is 0 Å². The van der Waals surface area contributed by atoms with Gasteiger partial charge in [-0.3, -0.25) is 54.6 Å². The van der Waals surface area contributed by atoms with Crippen LogP contribution in [0.2, 0.25) is 0 Å². The van der Waals surface area contributed by atoms with Crippen LogP contribution in [-0.2, 0) is 79.5 Å². The van der Waals surface area contributed by atoms with Crippen molar-refractivity contribution in [2.45, 2.75) is 0 Å². The predicted molar refractivity (Wildman–Crippen MR) is 92.2 cm³/mol. The summed E-state index contributed by atoms with van der Waals surface area (Å²) >= 11 is 0. The van der Waals surface area contributed by atoms with E-state index in [9.17, 15) is 0 Å². The van der Waals surface area contributed by atoms with Crippen LogP contribution in [0.25, 0.3) is 0 Å². The van der Waals surface area contributed by atoms with Crippen molar-refractivity contribution in [3.8, 4) is 0 Å². The Balaban J connectivity index is -0.0000000356. The Morgan fingerprint density at radius 1 is 0.250 bits per heavy atom. The van der Waals surface area contributed by atoms with Crippen molar-refractivity contribution in [1.82, 2.24) is 0 Å². The van der Waals surface area contributed by atoms with Crippen LogP contribution in [-0.4, -0.2) is 135 Å². The monoisotopic (exact) mass is 668 g/mol. The molecule has 0 aromatic carbocycles. The zero-order chi connectivity index (χ0) is 27.0. The average molecular weight is 668 g/mol. The van der Waals surface area contributed by atoms with Gasteiger partial charge < -0.3 is 0 Å². The van der Waals surface area contributed by atoms with E-state index in [-0.39, 0.29) is 46.6 Å². The fourth-order valence-electron chi connectivity index (χ4n) is 0. The maximum atomic E-state index is 8.74. The van der Waals surface area contributed by atoms with Gasteiger partial charge in [0.1, 0.15) is 0 Å². The van der Waals surface area contributed by atoms with Gasteiger partial charge in [0.05, 0.1) is 0 Å². The van der Waals surface area contributed by atoms with Crippen LogP contribution in [0.3, 0.4) is 0 Å². The topological polar surface area (TPSA) is 448 Å². The van der Waals surface area contributed by atoms with E-state index in [0.29, 0.717) is 0 Å². The van der Waals surface area contributed by atoms with Crippen molar-refractivity contribution >= 4 is 92.0 Å². The van der Waals surface area contributed by atoms with Gasteiger partial charge in [-0.1, -0.05) is 0 Å². The molecule has 202 valence electrons. The minimum absolute atomic E-state index is 0. The molecule has 0 aromatic rings. The summed E-state index contributed by atoms with van der Waals surface area (Å²) in [5.41, 5.74) is 0. The van der Waals surface area contributed by atoms with Crippen LogP contribution in [0.4, 0.5) is 0 Å². The van der Waals surface area contributed by atoms with E-state index in [1.165, 1.54) is 0 Å². The summed E-state index contributed by atoms with van der Waals surface area (Å²) in [5.74, 6) is 0. The van der Waals surface area contributed by atoms with Crippen molar-refractivity contribution in [2.75, 3.05) is 0 Å². The van der Waals surface area contributed by atoms with Crippen LogP contribution in [0.15, 0.2) is 0 Å². The van der Waals surface area contributed by atoms with E-state index < -0.39 is 62.4 Å². The number of hydrogen-bond donors (Lipinski definition) is 12. The molecule has 0 rings (SSSR count). The molecule has 0 saturated carbocycles. The standard InChI is InChI=1S/Fe.Na.6H2O4S.H/c;;6*1-5(2,3)4;/h;;6*(H2,1,2,3,4);. The van der Waals surface area contributed by atoms with Crippen molar-refractivity contribution in [3.63, 3.8) is 0 Å². The second kappa shape index (κ2) is 22.2. The molecule has 0 atom stereocenters. The van der Waals surface area contributed by atoms with Gasteiger partial charge in [-0.15, -0.1) is 0 Å². The zero-order valence-corrected chi connectivity index (χ0v) is 19.1. The first-order valence-corrected chi connectivity index (χ1v) is 12.6. The molecule has 0 aromatic heterocycles. The van der Waals surface area contributed by atoms with Gasteiger partial charge in [-0.2, -0.15) is 50.5 Å². The SMILES string of the molecule is O=S(=O)(O)O.O=S(=O)(O)O.O=S(=O)(O)O.O=S(=O)(O)O.O=S(=O)(O)O.O=S(=O)(O)O.[Fe].[NaH]. The minimum atomic E-state index is -4.67. The molecular formula is H13FeNaO24S6. The second-order valence-electron chi connectivity index (χ2n) is 2.69. The van der Waals surface area contributed by atoms with E-state index in [1.54, 1.807) is 0 Å². The Morgan fingerprint density at radius 2 is 0.250 bits per heavy atom. The summed E-state index contributed by atoms with van der Waals surface area (Å²) in [5, 5.41) is 0. The third-order valence-electron chi connectivity index (χ3n) is 0. The molecule has 0 bridgehead atoms. The van der Waals surface area contributed by atoms with Crippen LogP contribution in [0.1, 0.15) is 0 Å². The summed E-state index contributed by atoms with van der Waals surface area (Å²) in [6, 6.07) is 0. The summed E-state index contributed by atoms with van der Waals surface area (Å²) in [7, 11) is -28.0. The fourth-order valence-corrected chi connectivity index (χ4v) is 0. The normalized spacial score (nSPS) is 10.9. The zero-order valence-electron chi connectivity index (χ0n) is 13.1. The Hall–Kier alpha value is 0.739. The molecule has 0 saturated heterocycles. The molecule has 0 aliphatic rings. The van der Waals surface area contributed by atoms with Gasteiger partial charge in [0.2, 0.25) is 0 Å². The van der Waals surface area contributed by atoms with E-state index >= 15 is 0 Å². The first kappa shape index (κ1) is 53.9. The van der Waals surface area contributed by atoms with Crippen molar-refractivity contribution < 1.29 is 122 Å². The first-order valence-electron chi connectivity index (χ1n) is 4.19. The molecular weight excluding hydrogens is 655 g/mol. The predicted octanol–water partition coefficient (Wildman–Crippen LogP) is -4.57. The molecule has 0 fully saturated rings. The average Bonchev–Trinajstić information content (AvgIpc) is 1.94. The van der Waals surface area contributed by atoms with Gasteiger partial charge in [0.15, 0.2) is 0 Å². The van der Waals surface area contributed by atoms with Crippen LogP contribution < -0.4 is 0 Å². The second-order valence-corrected chi connectivity index (χ2v) is 8.06. The van der Waals surface area contributed by atoms with Crippen molar-refractivity contribution in [1.29, 1.82) is 0 Å². The number of rotatable bonds is 0. The molecule has 0 unspecified atom stereocenters. The van der Waals surface area contributed by atoms with E-state index in [1.807, 2.05) is 0 Å². The van der Waals surface area contributed by atoms with Crippen LogP contribution in [0, 0.1) is 0 Å². The van der Waals surface area contributed by atoms with Crippen LogP contribution >= 0.6 is 0 Å². The molecule has 0 amide bonds. The Labute approximate surface area is 212 Å². The molecule has 0 aliphatic carbocycles. The van der Waals surface area contributed by atoms with E-state index in [2.05, 4.69) is 0 Å². The molecule has 0 spiro atoms. The summed E-state index contributed by atoms with van der Waals surface area (Å²) in [6.45, 7) is 0. The Bertz CT molecular complexity index is 766. The van der Waals surface area contributed by atoms with Gasteiger partial charge in [-0.05, 0) is 0 Å². The van der Waals surface area contributed by atoms with Crippen molar-refractivity contribution in [2.24, 2.45) is 0 Å². The molecule has 0 heterocycles. The molecule has 32 heteroatoms. The maximum absolute atomic E-state index is 8.74. The van der Waals surface area contributed by atoms with Gasteiger partial charge >= 0.3 is 92.0 Å². The molecule has 32 heavy (non-hydrogen) atoms. The summed E-state index contributed by atoms with van der Waals surface area (Å²) < 4.78 is 190. The molecule has 0 aliphatic heterocycles. The van der Waals surface area contributed by atoms with Gasteiger partial charge in [0, 0.05) is 17.1 Å². The number of hydrogen-bond acceptors (Lipinski definition) is 12. The van der Waals surface area contributed by atoms with E-state index in [0.717, 1.165) is 0 Å². The Kier molecular flexibility index (Phi) is 37.4. The molecule has 24 nitrogen and oxygen atoms in total. The summed E-state index contributed by atoms with van der Waals surface area (Å²) in [6.07, 6.45) is 0. The third kappa shape index (κ3) is 49700. The first-order chi connectivity index (χ1) is 12.0. The summed E-state index contributed by atoms with van der Waals surface area (Å²) in [4.78, 5) is 0.